The van der Waals surface area contributed by atoms with Gasteiger partial charge in [-0.1, -0.05) is 29.8 Å². The first kappa shape index (κ1) is 14.2. The van der Waals surface area contributed by atoms with Crippen LogP contribution in [-0.4, -0.2) is 38.5 Å². The van der Waals surface area contributed by atoms with Gasteiger partial charge in [0.25, 0.3) is 5.91 Å². The highest BCUT2D eigenvalue weighted by atomic mass is 79.9. The van der Waals surface area contributed by atoms with Crippen LogP contribution in [0.3, 0.4) is 0 Å². The van der Waals surface area contributed by atoms with Crippen LogP contribution in [0.15, 0.2) is 12.4 Å². The number of alkyl halides is 1. The summed E-state index contributed by atoms with van der Waals surface area (Å²) in [6.07, 6.45) is 5.36. The molecular weight excluding hydrogens is 282 g/mol. The van der Waals surface area contributed by atoms with Crippen molar-refractivity contribution in [3.63, 3.8) is 0 Å². The molecule has 1 amide bonds. The lowest BCUT2D eigenvalue weighted by molar-refractivity contribution is 0.0683. The van der Waals surface area contributed by atoms with Crippen molar-refractivity contribution in [2.24, 2.45) is 7.05 Å². The van der Waals surface area contributed by atoms with Crippen LogP contribution < -0.4 is 0 Å². The molecular formula is C12H20BrN3O. The van der Waals surface area contributed by atoms with Crippen LogP contribution in [0.2, 0.25) is 0 Å². The molecule has 5 heteroatoms. The lowest BCUT2D eigenvalue weighted by Gasteiger charge is -2.29. The molecule has 0 aromatic carbocycles. The Balaban J connectivity index is 2.86. The largest absolute Gasteiger partial charge is 0.335 e. The van der Waals surface area contributed by atoms with E-state index in [1.165, 1.54) is 0 Å². The zero-order valence-corrected chi connectivity index (χ0v) is 12.3. The van der Waals surface area contributed by atoms with Crippen molar-refractivity contribution in [2.45, 2.75) is 32.7 Å². The number of aromatic nitrogens is 2. The quantitative estimate of drug-likeness (QED) is 0.757. The van der Waals surface area contributed by atoms with E-state index >= 15 is 0 Å². The normalized spacial score (nSPS) is 10.9. The number of amides is 1. The molecule has 0 aliphatic heterocycles. The molecule has 0 saturated carbocycles. The van der Waals surface area contributed by atoms with E-state index in [1.807, 2.05) is 11.9 Å². The highest BCUT2D eigenvalue weighted by Gasteiger charge is 2.22. The van der Waals surface area contributed by atoms with Crippen molar-refractivity contribution in [2.75, 3.05) is 11.9 Å². The Morgan fingerprint density at radius 3 is 2.59 bits per heavy atom. The van der Waals surface area contributed by atoms with E-state index in [9.17, 15) is 4.79 Å². The number of rotatable bonds is 6. The van der Waals surface area contributed by atoms with Gasteiger partial charge in [0.2, 0.25) is 0 Å². The maximum Gasteiger partial charge on any atom is 0.257 e. The lowest BCUT2D eigenvalue weighted by Crippen LogP contribution is -2.40. The zero-order chi connectivity index (χ0) is 12.8. The second-order valence-corrected chi connectivity index (χ2v) is 4.85. The number of halogens is 1. The van der Waals surface area contributed by atoms with Gasteiger partial charge in [-0.05, 0) is 12.8 Å². The van der Waals surface area contributed by atoms with Crippen molar-refractivity contribution in [3.05, 3.63) is 18.0 Å². The predicted molar refractivity (Wildman–Crippen MR) is 72.4 cm³/mol. The maximum absolute atomic E-state index is 12.4. The summed E-state index contributed by atoms with van der Waals surface area (Å²) < 4.78 is 1.66. The molecule has 0 spiro atoms. The van der Waals surface area contributed by atoms with Crippen LogP contribution in [-0.2, 0) is 7.05 Å². The van der Waals surface area contributed by atoms with Crippen molar-refractivity contribution >= 4 is 21.8 Å². The van der Waals surface area contributed by atoms with Crippen molar-refractivity contribution in [3.8, 4) is 0 Å². The lowest BCUT2D eigenvalue weighted by atomic mass is 10.1. The molecule has 17 heavy (non-hydrogen) atoms. The summed E-state index contributed by atoms with van der Waals surface area (Å²) in [6, 6.07) is 0.306. The number of aryl methyl sites for hydroxylation is 1. The standard InChI is InChI=1S/C12H20BrN3O/c1-4-11(5-2)16(7-6-13)12(17)10-8-14-15(3)9-10/h8-9,11H,4-7H2,1-3H3. The van der Waals surface area contributed by atoms with Gasteiger partial charge in [-0.3, -0.25) is 9.48 Å². The van der Waals surface area contributed by atoms with Crippen LogP contribution in [0, 0.1) is 0 Å². The molecule has 0 atom stereocenters. The molecule has 1 heterocycles. The van der Waals surface area contributed by atoms with Gasteiger partial charge < -0.3 is 4.90 Å². The molecule has 4 nitrogen and oxygen atoms in total. The first-order valence-corrected chi connectivity index (χ1v) is 7.11. The average molecular weight is 302 g/mol. The molecule has 0 unspecified atom stereocenters. The van der Waals surface area contributed by atoms with Gasteiger partial charge in [-0.15, -0.1) is 0 Å². The smallest absolute Gasteiger partial charge is 0.257 e. The Morgan fingerprint density at radius 1 is 1.53 bits per heavy atom. The Kier molecular flexibility index (Phi) is 5.68. The summed E-state index contributed by atoms with van der Waals surface area (Å²) in [5.41, 5.74) is 0.667. The third-order valence-electron chi connectivity index (χ3n) is 2.92. The third-order valence-corrected chi connectivity index (χ3v) is 3.28. The van der Waals surface area contributed by atoms with Crippen LogP contribution in [0.1, 0.15) is 37.0 Å². The average Bonchev–Trinajstić information content (AvgIpc) is 2.75. The minimum Gasteiger partial charge on any atom is -0.335 e. The van der Waals surface area contributed by atoms with Gasteiger partial charge in [-0.25, -0.2) is 0 Å². The van der Waals surface area contributed by atoms with E-state index in [1.54, 1.807) is 17.1 Å². The summed E-state index contributed by atoms with van der Waals surface area (Å²) in [5.74, 6) is 0.0752. The first-order valence-electron chi connectivity index (χ1n) is 5.99. The molecule has 0 radical (unpaired) electrons. The topological polar surface area (TPSA) is 38.1 Å². The monoisotopic (exact) mass is 301 g/mol. The number of carbonyl (C=O) groups excluding carboxylic acids is 1. The number of hydrogen-bond acceptors (Lipinski definition) is 2. The minimum atomic E-state index is 0.0752. The molecule has 0 aliphatic rings. The summed E-state index contributed by atoms with van der Waals surface area (Å²) in [4.78, 5) is 14.3. The van der Waals surface area contributed by atoms with Gasteiger partial charge in [-0.2, -0.15) is 5.10 Å². The predicted octanol–water partition coefficient (Wildman–Crippen LogP) is 2.45. The third kappa shape index (κ3) is 3.56. The molecule has 1 aromatic heterocycles. The molecule has 0 bridgehead atoms. The second-order valence-electron chi connectivity index (χ2n) is 4.06. The maximum atomic E-state index is 12.4. The van der Waals surface area contributed by atoms with Gasteiger partial charge in [0.1, 0.15) is 0 Å². The molecule has 0 N–H and O–H groups in total. The van der Waals surface area contributed by atoms with E-state index in [0.717, 1.165) is 24.7 Å². The van der Waals surface area contributed by atoms with Crippen LogP contribution in [0.5, 0.6) is 0 Å². The minimum absolute atomic E-state index is 0.0752. The van der Waals surface area contributed by atoms with E-state index in [-0.39, 0.29) is 5.91 Å². The Hall–Kier alpha value is -0.840. The van der Waals surface area contributed by atoms with Gasteiger partial charge in [0.15, 0.2) is 0 Å². The van der Waals surface area contributed by atoms with Crippen LogP contribution >= 0.6 is 15.9 Å². The number of carbonyl (C=O) groups is 1. The molecule has 0 aliphatic carbocycles. The molecule has 1 aromatic rings. The summed E-state index contributed by atoms with van der Waals surface area (Å²) in [7, 11) is 1.82. The Labute approximate surface area is 111 Å². The Morgan fingerprint density at radius 2 is 2.18 bits per heavy atom. The molecule has 1 rings (SSSR count). The van der Waals surface area contributed by atoms with E-state index in [0.29, 0.717) is 11.6 Å². The van der Waals surface area contributed by atoms with E-state index < -0.39 is 0 Å². The fourth-order valence-corrected chi connectivity index (χ4v) is 2.35. The SMILES string of the molecule is CCC(CC)N(CCBr)C(=O)c1cnn(C)c1. The summed E-state index contributed by atoms with van der Waals surface area (Å²) >= 11 is 3.41. The molecule has 0 fully saturated rings. The van der Waals surface area contributed by atoms with Crippen molar-refractivity contribution in [1.29, 1.82) is 0 Å². The second kappa shape index (κ2) is 6.79. The van der Waals surface area contributed by atoms with Crippen molar-refractivity contribution in [1.82, 2.24) is 14.7 Å². The van der Waals surface area contributed by atoms with E-state index in [2.05, 4.69) is 34.9 Å². The number of hydrogen-bond donors (Lipinski definition) is 0. The fraction of sp³-hybridized carbons (Fsp3) is 0.667. The van der Waals surface area contributed by atoms with Gasteiger partial charge in [0, 0.05) is 31.2 Å². The first-order chi connectivity index (χ1) is 8.13. The van der Waals surface area contributed by atoms with Gasteiger partial charge in [0.05, 0.1) is 11.8 Å². The van der Waals surface area contributed by atoms with Gasteiger partial charge >= 0.3 is 0 Å². The number of nitrogens with zero attached hydrogens (tertiary/aromatic N) is 3. The van der Waals surface area contributed by atoms with E-state index in [4.69, 9.17) is 0 Å². The highest BCUT2D eigenvalue weighted by Crippen LogP contribution is 2.13. The summed E-state index contributed by atoms with van der Waals surface area (Å²) in [6.45, 7) is 4.97. The van der Waals surface area contributed by atoms with Crippen molar-refractivity contribution < 1.29 is 4.79 Å². The van der Waals surface area contributed by atoms with Crippen LogP contribution in [0.4, 0.5) is 0 Å². The summed E-state index contributed by atoms with van der Waals surface area (Å²) in [5, 5.41) is 4.85. The molecule has 0 saturated heterocycles. The highest BCUT2D eigenvalue weighted by molar-refractivity contribution is 9.09. The fourth-order valence-electron chi connectivity index (χ4n) is 1.97. The Bertz CT molecular complexity index is 360. The van der Waals surface area contributed by atoms with Crippen LogP contribution in [0.25, 0.3) is 0 Å². The zero-order valence-electron chi connectivity index (χ0n) is 10.7. The molecule has 96 valence electrons.